The lowest BCUT2D eigenvalue weighted by Gasteiger charge is -2.22. The Kier molecular flexibility index (Phi) is 8.01. The number of carbonyl (C=O) groups excluding carboxylic acids is 3. The number of hydrogen-bond acceptors (Lipinski definition) is 8. The van der Waals surface area contributed by atoms with Gasteiger partial charge in [0.15, 0.2) is 6.29 Å². The Labute approximate surface area is 152 Å². The minimum absolute atomic E-state index is 0.0774. The third-order valence-corrected chi connectivity index (χ3v) is 4.30. The second-order valence-electron chi connectivity index (χ2n) is 6.24. The largest absolute Gasteiger partial charge is 0.465 e. The van der Waals surface area contributed by atoms with E-state index in [0.29, 0.717) is 36.5 Å². The molecule has 0 amide bonds. The van der Waals surface area contributed by atoms with Crippen molar-refractivity contribution in [2.45, 2.75) is 32.1 Å². The number of ether oxygens (including phenoxy) is 2. The maximum absolute atomic E-state index is 11.7. The van der Waals surface area contributed by atoms with Crippen LogP contribution in [0.3, 0.4) is 0 Å². The van der Waals surface area contributed by atoms with Crippen LogP contribution in [-0.2, 0) is 25.5 Å². The minimum atomic E-state index is -0.630. The number of carbonyl (C=O) groups is 3. The fraction of sp³-hybridized carbons (Fsp3) is 0.556. The van der Waals surface area contributed by atoms with Crippen LogP contribution in [-0.4, -0.2) is 49.5 Å². The van der Waals surface area contributed by atoms with Gasteiger partial charge in [-0.1, -0.05) is 0 Å². The fourth-order valence-corrected chi connectivity index (χ4v) is 2.77. The Morgan fingerprint density at radius 3 is 2.54 bits per heavy atom. The average molecular weight is 363 g/mol. The Hall–Kier alpha value is -2.48. The summed E-state index contributed by atoms with van der Waals surface area (Å²) in [6.07, 6.45) is 3.58. The summed E-state index contributed by atoms with van der Waals surface area (Å²) in [6.45, 7) is 2.42. The van der Waals surface area contributed by atoms with Crippen LogP contribution in [0.2, 0.25) is 0 Å². The summed E-state index contributed by atoms with van der Waals surface area (Å²) >= 11 is 0. The molecule has 1 fully saturated rings. The average Bonchev–Trinajstić information content (AvgIpc) is 2.62. The molecule has 2 rings (SSSR count). The van der Waals surface area contributed by atoms with Gasteiger partial charge in [0.2, 0.25) is 0 Å². The highest BCUT2D eigenvalue weighted by molar-refractivity contribution is 5.91. The molecule has 0 spiro atoms. The van der Waals surface area contributed by atoms with Crippen molar-refractivity contribution in [3.05, 3.63) is 23.4 Å². The predicted octanol–water partition coefficient (Wildman–Crippen LogP) is 0.885. The van der Waals surface area contributed by atoms with Crippen molar-refractivity contribution in [2.24, 2.45) is 5.92 Å². The molecule has 0 radical (unpaired) electrons. The smallest absolute Gasteiger partial charge is 0.317 e. The Morgan fingerprint density at radius 2 is 1.88 bits per heavy atom. The van der Waals surface area contributed by atoms with E-state index in [4.69, 9.17) is 15.2 Å². The summed E-state index contributed by atoms with van der Waals surface area (Å²) < 4.78 is 10.1. The van der Waals surface area contributed by atoms with Gasteiger partial charge in [-0.05, 0) is 50.4 Å². The molecule has 8 nitrogen and oxygen atoms in total. The molecule has 2 heterocycles. The highest BCUT2D eigenvalue weighted by atomic mass is 16.6. The molecule has 3 N–H and O–H groups in total. The SMILES string of the molecule is Nc1nc(CCOC(=O)CC(=O)OCCC2CCNCC2)ccc1C=O. The predicted molar refractivity (Wildman–Crippen MR) is 94.5 cm³/mol. The summed E-state index contributed by atoms with van der Waals surface area (Å²) in [5, 5.41) is 3.28. The molecule has 1 saturated heterocycles. The van der Waals surface area contributed by atoms with Crippen LogP contribution in [0, 0.1) is 5.92 Å². The van der Waals surface area contributed by atoms with Crippen LogP contribution in [0.4, 0.5) is 5.82 Å². The molecular formula is C18H25N3O5. The quantitative estimate of drug-likeness (QED) is 0.377. The summed E-state index contributed by atoms with van der Waals surface area (Å²) in [5.74, 6) is -0.487. The van der Waals surface area contributed by atoms with Gasteiger partial charge in [0.1, 0.15) is 12.2 Å². The fourth-order valence-electron chi connectivity index (χ4n) is 2.77. The van der Waals surface area contributed by atoms with Gasteiger partial charge in [0, 0.05) is 12.1 Å². The summed E-state index contributed by atoms with van der Waals surface area (Å²) in [4.78, 5) is 38.0. The number of nitrogens with one attached hydrogen (secondary N) is 1. The van der Waals surface area contributed by atoms with Crippen LogP contribution < -0.4 is 11.1 Å². The zero-order chi connectivity index (χ0) is 18.8. The first-order chi connectivity index (χ1) is 12.6. The Morgan fingerprint density at radius 1 is 1.19 bits per heavy atom. The number of pyridine rings is 1. The van der Waals surface area contributed by atoms with Crippen molar-refractivity contribution in [1.82, 2.24) is 10.3 Å². The van der Waals surface area contributed by atoms with Gasteiger partial charge < -0.3 is 20.5 Å². The number of anilines is 1. The molecular weight excluding hydrogens is 338 g/mol. The van der Waals surface area contributed by atoms with E-state index in [2.05, 4.69) is 10.3 Å². The third-order valence-electron chi connectivity index (χ3n) is 4.30. The number of nitrogens with two attached hydrogens (primary N) is 1. The highest BCUT2D eigenvalue weighted by Crippen LogP contribution is 2.15. The van der Waals surface area contributed by atoms with E-state index in [1.807, 2.05) is 0 Å². The number of esters is 2. The molecule has 0 unspecified atom stereocenters. The minimum Gasteiger partial charge on any atom is -0.465 e. The second-order valence-corrected chi connectivity index (χ2v) is 6.24. The molecule has 142 valence electrons. The molecule has 1 aromatic heterocycles. The van der Waals surface area contributed by atoms with Gasteiger partial charge in [-0.3, -0.25) is 14.4 Å². The number of hydrogen-bond donors (Lipinski definition) is 2. The maximum Gasteiger partial charge on any atom is 0.317 e. The number of aldehydes is 1. The molecule has 8 heteroatoms. The second kappa shape index (κ2) is 10.5. The van der Waals surface area contributed by atoms with Crippen LogP contribution in [0.5, 0.6) is 0 Å². The normalized spacial score (nSPS) is 14.6. The monoisotopic (exact) mass is 363 g/mol. The lowest BCUT2D eigenvalue weighted by molar-refractivity contribution is -0.154. The lowest BCUT2D eigenvalue weighted by Crippen LogP contribution is -2.28. The van der Waals surface area contributed by atoms with Gasteiger partial charge in [-0.15, -0.1) is 0 Å². The van der Waals surface area contributed by atoms with Crippen LogP contribution in [0.15, 0.2) is 12.1 Å². The number of rotatable bonds is 9. The van der Waals surface area contributed by atoms with Crippen molar-refractivity contribution >= 4 is 24.0 Å². The van der Waals surface area contributed by atoms with E-state index >= 15 is 0 Å². The van der Waals surface area contributed by atoms with E-state index in [9.17, 15) is 14.4 Å². The van der Waals surface area contributed by atoms with Crippen molar-refractivity contribution in [3.63, 3.8) is 0 Å². The van der Waals surface area contributed by atoms with E-state index < -0.39 is 18.4 Å². The standard InChI is InChI=1S/C18H25N3O5/c19-18-14(12-22)1-2-15(21-18)6-10-26-17(24)11-16(23)25-9-5-13-3-7-20-8-4-13/h1-2,12-13,20H,3-11H2,(H2,19,21). The highest BCUT2D eigenvalue weighted by Gasteiger charge is 2.16. The van der Waals surface area contributed by atoms with Gasteiger partial charge in [0.25, 0.3) is 0 Å². The number of aromatic nitrogens is 1. The van der Waals surface area contributed by atoms with Gasteiger partial charge in [-0.2, -0.15) is 0 Å². The molecule has 0 aromatic carbocycles. The van der Waals surface area contributed by atoms with E-state index in [1.54, 1.807) is 12.1 Å². The van der Waals surface area contributed by atoms with Crippen molar-refractivity contribution in [2.75, 3.05) is 32.0 Å². The van der Waals surface area contributed by atoms with Crippen molar-refractivity contribution in [3.8, 4) is 0 Å². The van der Waals surface area contributed by atoms with E-state index in [0.717, 1.165) is 32.4 Å². The lowest BCUT2D eigenvalue weighted by atomic mass is 9.95. The van der Waals surface area contributed by atoms with Crippen LogP contribution in [0.25, 0.3) is 0 Å². The molecule has 1 aliphatic rings. The van der Waals surface area contributed by atoms with Crippen LogP contribution in [0.1, 0.15) is 41.7 Å². The van der Waals surface area contributed by atoms with Crippen molar-refractivity contribution in [1.29, 1.82) is 0 Å². The number of nitrogen functional groups attached to an aromatic ring is 1. The van der Waals surface area contributed by atoms with Gasteiger partial charge in [0.05, 0.1) is 18.8 Å². The Balaban J connectivity index is 1.59. The number of piperidine rings is 1. The summed E-state index contributed by atoms with van der Waals surface area (Å²) in [5.41, 5.74) is 6.53. The van der Waals surface area contributed by atoms with Gasteiger partial charge in [-0.25, -0.2) is 4.98 Å². The first-order valence-electron chi connectivity index (χ1n) is 8.81. The van der Waals surface area contributed by atoms with Crippen LogP contribution >= 0.6 is 0 Å². The molecule has 26 heavy (non-hydrogen) atoms. The Bertz CT molecular complexity index is 629. The van der Waals surface area contributed by atoms with Gasteiger partial charge >= 0.3 is 11.9 Å². The molecule has 0 atom stereocenters. The molecule has 1 aromatic rings. The molecule has 1 aliphatic heterocycles. The first kappa shape index (κ1) is 19.8. The molecule has 0 saturated carbocycles. The van der Waals surface area contributed by atoms with E-state index in [-0.39, 0.29) is 12.4 Å². The first-order valence-corrected chi connectivity index (χ1v) is 8.81. The maximum atomic E-state index is 11.7. The third kappa shape index (κ3) is 6.79. The molecule has 0 bridgehead atoms. The van der Waals surface area contributed by atoms with Crippen molar-refractivity contribution < 1.29 is 23.9 Å². The van der Waals surface area contributed by atoms with E-state index in [1.165, 1.54) is 0 Å². The number of nitrogens with zero attached hydrogens (tertiary/aromatic N) is 1. The topological polar surface area (TPSA) is 121 Å². The summed E-state index contributed by atoms with van der Waals surface area (Å²) in [7, 11) is 0. The molecule has 0 aliphatic carbocycles. The zero-order valence-electron chi connectivity index (χ0n) is 14.7. The summed E-state index contributed by atoms with van der Waals surface area (Å²) in [6, 6.07) is 3.20. The zero-order valence-corrected chi connectivity index (χ0v) is 14.7.